The van der Waals surface area contributed by atoms with E-state index in [1.165, 1.54) is 25.7 Å². The van der Waals surface area contributed by atoms with Crippen molar-refractivity contribution in [3.8, 4) is 0 Å². The summed E-state index contributed by atoms with van der Waals surface area (Å²) in [5.41, 5.74) is 0.804. The lowest BCUT2D eigenvalue weighted by Crippen LogP contribution is -2.03. The topological polar surface area (TPSA) is 0 Å². The van der Waals surface area contributed by atoms with E-state index in [1.54, 1.807) is 0 Å². The van der Waals surface area contributed by atoms with Gasteiger partial charge >= 0.3 is 0 Å². The minimum Gasteiger partial charge on any atom is -0.0617 e. The maximum absolute atomic E-state index is 2.47. The highest BCUT2D eigenvalue weighted by molar-refractivity contribution is 5.06. The first kappa shape index (κ1) is 5.76. The number of hydrogen-bond acceptors (Lipinski definition) is 0. The summed E-state index contributed by atoms with van der Waals surface area (Å²) in [6, 6.07) is 0. The van der Waals surface area contributed by atoms with Crippen LogP contribution in [0.1, 0.15) is 39.5 Å². The molecule has 9 heavy (non-hydrogen) atoms. The highest BCUT2D eigenvalue weighted by Crippen LogP contribution is 2.65. The fourth-order valence-corrected chi connectivity index (χ4v) is 2.77. The summed E-state index contributed by atoms with van der Waals surface area (Å²) >= 11 is 0. The van der Waals surface area contributed by atoms with E-state index in [9.17, 15) is 0 Å². The zero-order chi connectivity index (χ0) is 6.48. The summed E-state index contributed by atoms with van der Waals surface area (Å²) in [6.07, 6.45) is 6.04. The van der Waals surface area contributed by atoms with Gasteiger partial charge in [0.1, 0.15) is 0 Å². The van der Waals surface area contributed by atoms with E-state index in [2.05, 4.69) is 13.8 Å². The molecule has 0 aliphatic heterocycles. The Labute approximate surface area is 57.6 Å². The Morgan fingerprint density at radius 3 is 2.56 bits per heavy atom. The molecule has 0 amide bonds. The van der Waals surface area contributed by atoms with Crippen LogP contribution in [0.15, 0.2) is 0 Å². The second-order valence-electron chi connectivity index (χ2n) is 4.15. The van der Waals surface area contributed by atoms with E-state index < -0.39 is 0 Å². The fourth-order valence-electron chi connectivity index (χ4n) is 2.77. The van der Waals surface area contributed by atoms with Crippen molar-refractivity contribution in [3.63, 3.8) is 0 Å². The van der Waals surface area contributed by atoms with Crippen LogP contribution in [-0.2, 0) is 0 Å². The first-order valence-electron chi connectivity index (χ1n) is 4.25. The molecule has 0 saturated heterocycles. The second kappa shape index (κ2) is 1.53. The standard InChI is InChI=1S/C9H16/c1-7-8-5-3-4-6-9(7,8)2/h7-8H,3-6H2,1-2H3/t7?,8?,9-/m1/s1. The molecule has 0 bridgehead atoms. The van der Waals surface area contributed by atoms with E-state index in [-0.39, 0.29) is 0 Å². The van der Waals surface area contributed by atoms with Gasteiger partial charge in [0, 0.05) is 0 Å². The largest absolute Gasteiger partial charge is 0.0617 e. The SMILES string of the molecule is CC1C2CCCC[C@]12C. The van der Waals surface area contributed by atoms with Crippen LogP contribution in [0.2, 0.25) is 0 Å². The van der Waals surface area contributed by atoms with Crippen molar-refractivity contribution in [1.29, 1.82) is 0 Å². The third-order valence-electron chi connectivity index (χ3n) is 3.86. The van der Waals surface area contributed by atoms with Gasteiger partial charge in [0.05, 0.1) is 0 Å². The summed E-state index contributed by atoms with van der Waals surface area (Å²) in [5.74, 6) is 2.17. The van der Waals surface area contributed by atoms with Crippen LogP contribution < -0.4 is 0 Å². The Morgan fingerprint density at radius 2 is 2.11 bits per heavy atom. The number of rotatable bonds is 0. The molecule has 0 aromatic rings. The van der Waals surface area contributed by atoms with Crippen LogP contribution in [0, 0.1) is 17.3 Å². The van der Waals surface area contributed by atoms with Gasteiger partial charge in [0.15, 0.2) is 0 Å². The molecule has 3 atom stereocenters. The lowest BCUT2D eigenvalue weighted by Gasteiger charge is -2.15. The van der Waals surface area contributed by atoms with Crippen molar-refractivity contribution in [2.45, 2.75) is 39.5 Å². The molecular weight excluding hydrogens is 108 g/mol. The van der Waals surface area contributed by atoms with Crippen molar-refractivity contribution in [1.82, 2.24) is 0 Å². The van der Waals surface area contributed by atoms with Gasteiger partial charge in [-0.05, 0) is 30.1 Å². The van der Waals surface area contributed by atoms with Crippen LogP contribution in [0.25, 0.3) is 0 Å². The normalized spacial score (nSPS) is 56.7. The minimum absolute atomic E-state index is 0.804. The molecule has 2 aliphatic rings. The first-order valence-corrected chi connectivity index (χ1v) is 4.25. The Morgan fingerprint density at radius 1 is 1.33 bits per heavy atom. The molecular formula is C9H16. The van der Waals surface area contributed by atoms with Crippen molar-refractivity contribution < 1.29 is 0 Å². The average Bonchev–Trinajstić information content (AvgIpc) is 2.38. The van der Waals surface area contributed by atoms with Gasteiger partial charge in [0.25, 0.3) is 0 Å². The smallest absolute Gasteiger partial charge is 0.0266 e. The lowest BCUT2D eigenvalue weighted by atomic mass is 9.90. The number of hydrogen-bond donors (Lipinski definition) is 0. The minimum atomic E-state index is 0.804. The molecule has 0 heterocycles. The highest BCUT2D eigenvalue weighted by atomic mass is 14.6. The average molecular weight is 124 g/mol. The molecule has 0 spiro atoms. The van der Waals surface area contributed by atoms with Crippen molar-refractivity contribution in [2.24, 2.45) is 17.3 Å². The molecule has 0 nitrogen and oxygen atoms in total. The van der Waals surface area contributed by atoms with Crippen molar-refractivity contribution in [3.05, 3.63) is 0 Å². The van der Waals surface area contributed by atoms with Gasteiger partial charge in [-0.15, -0.1) is 0 Å². The fraction of sp³-hybridized carbons (Fsp3) is 1.00. The zero-order valence-corrected chi connectivity index (χ0v) is 6.48. The predicted molar refractivity (Wildman–Crippen MR) is 39.2 cm³/mol. The Kier molecular flexibility index (Phi) is 0.980. The molecule has 2 aliphatic carbocycles. The van der Waals surface area contributed by atoms with Gasteiger partial charge in [-0.25, -0.2) is 0 Å². The van der Waals surface area contributed by atoms with Crippen LogP contribution in [0.3, 0.4) is 0 Å². The van der Waals surface area contributed by atoms with Crippen LogP contribution in [0.5, 0.6) is 0 Å². The molecule has 0 radical (unpaired) electrons. The molecule has 0 N–H and O–H groups in total. The van der Waals surface area contributed by atoms with E-state index >= 15 is 0 Å². The van der Waals surface area contributed by atoms with Gasteiger partial charge in [-0.3, -0.25) is 0 Å². The zero-order valence-electron chi connectivity index (χ0n) is 6.48. The van der Waals surface area contributed by atoms with Gasteiger partial charge in [-0.2, -0.15) is 0 Å². The second-order valence-corrected chi connectivity index (χ2v) is 4.15. The Bertz CT molecular complexity index is 128. The molecule has 0 aromatic heterocycles. The van der Waals surface area contributed by atoms with E-state index in [0.717, 1.165) is 17.3 Å². The van der Waals surface area contributed by atoms with E-state index in [4.69, 9.17) is 0 Å². The molecule has 52 valence electrons. The maximum Gasteiger partial charge on any atom is -0.0266 e. The lowest BCUT2D eigenvalue weighted by molar-refractivity contribution is 0.361. The Balaban J connectivity index is 2.10. The molecule has 2 rings (SSSR count). The third-order valence-corrected chi connectivity index (χ3v) is 3.86. The molecule has 0 aromatic carbocycles. The van der Waals surface area contributed by atoms with E-state index in [0.29, 0.717) is 0 Å². The molecule has 0 heteroatoms. The Hall–Kier alpha value is 0. The highest BCUT2D eigenvalue weighted by Gasteiger charge is 2.57. The molecule has 2 saturated carbocycles. The van der Waals surface area contributed by atoms with Crippen LogP contribution >= 0.6 is 0 Å². The summed E-state index contributed by atoms with van der Waals surface area (Å²) in [4.78, 5) is 0. The van der Waals surface area contributed by atoms with Gasteiger partial charge in [-0.1, -0.05) is 26.7 Å². The monoisotopic (exact) mass is 124 g/mol. The van der Waals surface area contributed by atoms with E-state index in [1.807, 2.05) is 0 Å². The quantitative estimate of drug-likeness (QED) is 0.466. The third kappa shape index (κ3) is 0.595. The summed E-state index contributed by atoms with van der Waals surface area (Å²) in [7, 11) is 0. The predicted octanol–water partition coefficient (Wildman–Crippen LogP) is 2.83. The van der Waals surface area contributed by atoms with Crippen LogP contribution in [0.4, 0.5) is 0 Å². The maximum atomic E-state index is 2.47. The summed E-state index contributed by atoms with van der Waals surface area (Å²) in [5, 5.41) is 0. The summed E-state index contributed by atoms with van der Waals surface area (Å²) < 4.78 is 0. The van der Waals surface area contributed by atoms with Crippen LogP contribution in [-0.4, -0.2) is 0 Å². The summed E-state index contributed by atoms with van der Waals surface area (Å²) in [6.45, 7) is 4.90. The van der Waals surface area contributed by atoms with Gasteiger partial charge in [0.2, 0.25) is 0 Å². The number of fused-ring (bicyclic) bond motifs is 1. The molecule has 2 unspecified atom stereocenters. The van der Waals surface area contributed by atoms with Gasteiger partial charge < -0.3 is 0 Å². The first-order chi connectivity index (χ1) is 4.25. The molecule has 2 fully saturated rings. The van der Waals surface area contributed by atoms with Crippen molar-refractivity contribution in [2.75, 3.05) is 0 Å². The van der Waals surface area contributed by atoms with Crippen molar-refractivity contribution >= 4 is 0 Å².